The summed E-state index contributed by atoms with van der Waals surface area (Å²) in [5.41, 5.74) is 4.17. The van der Waals surface area contributed by atoms with Gasteiger partial charge in [0.05, 0.1) is 12.6 Å². The Morgan fingerprint density at radius 3 is 2.36 bits per heavy atom. The molecule has 1 fully saturated rings. The van der Waals surface area contributed by atoms with Crippen molar-refractivity contribution in [3.63, 3.8) is 0 Å². The highest BCUT2D eigenvalue weighted by Crippen LogP contribution is 2.42. The van der Waals surface area contributed by atoms with Crippen LogP contribution >= 0.6 is 22.9 Å². The lowest BCUT2D eigenvalue weighted by Gasteiger charge is -2.40. The summed E-state index contributed by atoms with van der Waals surface area (Å²) < 4.78 is 0. The first kappa shape index (κ1) is 23.9. The lowest BCUT2D eigenvalue weighted by molar-refractivity contribution is 0.0944. The van der Waals surface area contributed by atoms with Crippen molar-refractivity contribution in [2.24, 2.45) is 0 Å². The number of hydrogen-bond donors (Lipinski definition) is 2. The molecule has 5 nitrogen and oxygen atoms in total. The Morgan fingerprint density at radius 2 is 1.73 bits per heavy atom. The maximum absolute atomic E-state index is 13.0. The third-order valence-corrected chi connectivity index (χ3v) is 7.73. The molecule has 33 heavy (non-hydrogen) atoms. The van der Waals surface area contributed by atoms with E-state index < -0.39 is 0 Å². The summed E-state index contributed by atoms with van der Waals surface area (Å²) in [6.45, 7) is 8.70. The molecule has 4 rings (SSSR count). The standard InChI is InChI=1S/C26H30ClN3O2S/c1-18-19(2)33-26(28-25(32)21-6-4-3-5-7-21)23(18)24(20-8-10-22(27)11-9-20)30-14-12-29(13-15-30)16-17-31/h3-11,24,31H,12-17H2,1-2H3,(H,28,32)/t24-/m0/s1. The highest BCUT2D eigenvalue weighted by molar-refractivity contribution is 7.16. The number of rotatable bonds is 7. The Hall–Kier alpha value is -2.22. The Morgan fingerprint density at radius 1 is 1.06 bits per heavy atom. The number of carbonyl (C=O) groups is 1. The number of benzene rings is 2. The van der Waals surface area contributed by atoms with Crippen LogP contribution in [0.4, 0.5) is 5.00 Å². The van der Waals surface area contributed by atoms with Crippen LogP contribution in [-0.2, 0) is 0 Å². The Balaban J connectivity index is 1.71. The Kier molecular flexibility index (Phi) is 7.83. The van der Waals surface area contributed by atoms with Gasteiger partial charge in [0.15, 0.2) is 0 Å². The predicted molar refractivity (Wildman–Crippen MR) is 137 cm³/mol. The van der Waals surface area contributed by atoms with Crippen LogP contribution in [0.2, 0.25) is 5.02 Å². The number of thiophene rings is 1. The van der Waals surface area contributed by atoms with Gasteiger partial charge in [0, 0.05) is 53.8 Å². The van der Waals surface area contributed by atoms with Crippen molar-refractivity contribution in [1.82, 2.24) is 9.80 Å². The van der Waals surface area contributed by atoms with Crippen molar-refractivity contribution < 1.29 is 9.90 Å². The van der Waals surface area contributed by atoms with Gasteiger partial charge in [-0.05, 0) is 49.2 Å². The van der Waals surface area contributed by atoms with Gasteiger partial charge in [0.25, 0.3) is 5.91 Å². The smallest absolute Gasteiger partial charge is 0.256 e. The van der Waals surface area contributed by atoms with Crippen LogP contribution in [0.15, 0.2) is 54.6 Å². The molecule has 0 unspecified atom stereocenters. The molecule has 1 atom stereocenters. The van der Waals surface area contributed by atoms with Crippen LogP contribution in [0.3, 0.4) is 0 Å². The van der Waals surface area contributed by atoms with E-state index in [1.807, 2.05) is 42.5 Å². The molecule has 0 bridgehead atoms. The number of carbonyl (C=O) groups excluding carboxylic acids is 1. The lowest BCUT2D eigenvalue weighted by atomic mass is 9.94. The van der Waals surface area contributed by atoms with E-state index in [4.69, 9.17) is 11.6 Å². The minimum Gasteiger partial charge on any atom is -0.395 e. The topological polar surface area (TPSA) is 55.8 Å². The molecule has 1 aliphatic heterocycles. The second kappa shape index (κ2) is 10.8. The highest BCUT2D eigenvalue weighted by atomic mass is 35.5. The molecule has 0 spiro atoms. The number of anilines is 1. The molecule has 1 amide bonds. The summed E-state index contributed by atoms with van der Waals surface area (Å²) in [6, 6.07) is 17.4. The molecule has 2 aromatic carbocycles. The van der Waals surface area contributed by atoms with E-state index in [1.165, 1.54) is 10.4 Å². The SMILES string of the molecule is Cc1sc(NC(=O)c2ccccc2)c([C@H](c2ccc(Cl)cc2)N2CCN(CCO)CC2)c1C. The summed E-state index contributed by atoms with van der Waals surface area (Å²) in [5, 5.41) is 14.1. The number of amides is 1. The molecular formula is C26H30ClN3O2S. The van der Waals surface area contributed by atoms with Gasteiger partial charge < -0.3 is 10.4 Å². The maximum Gasteiger partial charge on any atom is 0.256 e. The number of aryl methyl sites for hydroxylation is 1. The molecule has 2 heterocycles. The van der Waals surface area contributed by atoms with Crippen LogP contribution in [-0.4, -0.2) is 60.1 Å². The number of piperazine rings is 1. The molecule has 3 aromatic rings. The van der Waals surface area contributed by atoms with Crippen LogP contribution < -0.4 is 5.32 Å². The van der Waals surface area contributed by atoms with E-state index in [0.29, 0.717) is 17.1 Å². The number of aliphatic hydroxyl groups excluding tert-OH is 1. The van der Waals surface area contributed by atoms with Gasteiger partial charge in [0.2, 0.25) is 0 Å². The summed E-state index contributed by atoms with van der Waals surface area (Å²) in [6.07, 6.45) is 0. The van der Waals surface area contributed by atoms with Crippen molar-refractivity contribution in [3.8, 4) is 0 Å². The largest absolute Gasteiger partial charge is 0.395 e. The van der Waals surface area contributed by atoms with Gasteiger partial charge in [-0.3, -0.25) is 14.6 Å². The summed E-state index contributed by atoms with van der Waals surface area (Å²) in [5.74, 6) is -0.0966. The van der Waals surface area contributed by atoms with Gasteiger partial charge in [-0.25, -0.2) is 0 Å². The zero-order valence-electron chi connectivity index (χ0n) is 19.1. The van der Waals surface area contributed by atoms with Crippen LogP contribution in [0.5, 0.6) is 0 Å². The van der Waals surface area contributed by atoms with Crippen molar-refractivity contribution in [1.29, 1.82) is 0 Å². The van der Waals surface area contributed by atoms with E-state index >= 15 is 0 Å². The second-order valence-electron chi connectivity index (χ2n) is 8.40. The molecule has 7 heteroatoms. The highest BCUT2D eigenvalue weighted by Gasteiger charge is 2.31. The summed E-state index contributed by atoms with van der Waals surface area (Å²) in [7, 11) is 0. The number of β-amino-alcohol motifs (C(OH)–C–C–N with tert-alkyl or cyclic N) is 1. The zero-order chi connectivity index (χ0) is 23.4. The molecule has 2 N–H and O–H groups in total. The van der Waals surface area contributed by atoms with Crippen LogP contribution in [0.1, 0.15) is 38.0 Å². The van der Waals surface area contributed by atoms with Gasteiger partial charge in [-0.2, -0.15) is 0 Å². The number of hydrogen-bond acceptors (Lipinski definition) is 5. The fourth-order valence-corrected chi connectivity index (χ4v) is 5.64. The fourth-order valence-electron chi connectivity index (χ4n) is 4.42. The van der Waals surface area contributed by atoms with Gasteiger partial charge in [-0.1, -0.05) is 41.9 Å². The molecule has 1 aromatic heterocycles. The van der Waals surface area contributed by atoms with Crippen LogP contribution in [0.25, 0.3) is 0 Å². The summed E-state index contributed by atoms with van der Waals surface area (Å²) >= 11 is 7.84. The molecular weight excluding hydrogens is 454 g/mol. The first-order chi connectivity index (χ1) is 16.0. The maximum atomic E-state index is 13.0. The zero-order valence-corrected chi connectivity index (χ0v) is 20.6. The minimum atomic E-state index is -0.0966. The monoisotopic (exact) mass is 483 g/mol. The fraction of sp³-hybridized carbons (Fsp3) is 0.346. The molecule has 0 aliphatic carbocycles. The van der Waals surface area contributed by atoms with Crippen molar-refractivity contribution >= 4 is 33.8 Å². The number of nitrogens with one attached hydrogen (secondary N) is 1. The van der Waals surface area contributed by atoms with E-state index in [9.17, 15) is 9.90 Å². The molecule has 0 saturated carbocycles. The number of nitrogens with zero attached hydrogens (tertiary/aromatic N) is 2. The minimum absolute atomic E-state index is 0.00886. The average Bonchev–Trinajstić information content (AvgIpc) is 3.10. The normalized spacial score (nSPS) is 16.0. The van der Waals surface area contributed by atoms with E-state index in [1.54, 1.807) is 11.3 Å². The quantitative estimate of drug-likeness (QED) is 0.498. The van der Waals surface area contributed by atoms with Crippen molar-refractivity contribution in [3.05, 3.63) is 86.8 Å². The average molecular weight is 484 g/mol. The number of halogens is 1. The Labute approximate surface area is 204 Å². The first-order valence-electron chi connectivity index (χ1n) is 11.3. The van der Waals surface area contributed by atoms with Gasteiger partial charge in [0.1, 0.15) is 5.00 Å². The van der Waals surface area contributed by atoms with Gasteiger partial charge in [-0.15, -0.1) is 11.3 Å². The lowest BCUT2D eigenvalue weighted by Crippen LogP contribution is -2.48. The van der Waals surface area contributed by atoms with Crippen molar-refractivity contribution in [2.75, 3.05) is 44.6 Å². The van der Waals surface area contributed by atoms with Crippen molar-refractivity contribution in [2.45, 2.75) is 19.9 Å². The molecule has 174 valence electrons. The van der Waals surface area contributed by atoms with E-state index in [0.717, 1.165) is 42.3 Å². The number of aliphatic hydroxyl groups is 1. The van der Waals surface area contributed by atoms with E-state index in [-0.39, 0.29) is 18.6 Å². The molecule has 1 aliphatic rings. The molecule has 1 saturated heterocycles. The first-order valence-corrected chi connectivity index (χ1v) is 12.5. The van der Waals surface area contributed by atoms with Crippen LogP contribution in [0, 0.1) is 13.8 Å². The molecule has 0 radical (unpaired) electrons. The predicted octanol–water partition coefficient (Wildman–Crippen LogP) is 4.97. The van der Waals surface area contributed by atoms with E-state index in [2.05, 4.69) is 41.1 Å². The summed E-state index contributed by atoms with van der Waals surface area (Å²) in [4.78, 5) is 19.0. The Bertz CT molecular complexity index is 1080. The third-order valence-electron chi connectivity index (χ3n) is 6.34. The van der Waals surface area contributed by atoms with Gasteiger partial charge >= 0.3 is 0 Å². The third kappa shape index (κ3) is 5.48. The second-order valence-corrected chi connectivity index (χ2v) is 10.1.